The van der Waals surface area contributed by atoms with Gasteiger partial charge in [-0.05, 0) is 49.9 Å². The Kier molecular flexibility index (Phi) is 6.92. The number of ether oxygens (including phenoxy) is 2. The fraction of sp³-hybridized carbons (Fsp3) is 0.440. The summed E-state index contributed by atoms with van der Waals surface area (Å²) in [5.41, 5.74) is 3.03. The van der Waals surface area contributed by atoms with E-state index in [1.54, 1.807) is 13.1 Å². The van der Waals surface area contributed by atoms with Crippen LogP contribution in [0.4, 0.5) is 14.9 Å². The highest BCUT2D eigenvalue weighted by Gasteiger charge is 2.32. The molecule has 34 heavy (non-hydrogen) atoms. The van der Waals surface area contributed by atoms with Gasteiger partial charge < -0.3 is 24.8 Å². The third-order valence-electron chi connectivity index (χ3n) is 6.46. The number of anilines is 1. The molecule has 1 saturated heterocycles. The lowest BCUT2D eigenvalue weighted by Gasteiger charge is -2.31. The van der Waals surface area contributed by atoms with E-state index in [0.717, 1.165) is 31.6 Å². The number of hydrazone groups is 1. The molecule has 4 rings (SSSR count). The second-order valence-corrected chi connectivity index (χ2v) is 8.63. The van der Waals surface area contributed by atoms with Gasteiger partial charge in [0, 0.05) is 37.0 Å². The molecule has 0 spiro atoms. The Morgan fingerprint density at radius 2 is 1.85 bits per heavy atom. The summed E-state index contributed by atoms with van der Waals surface area (Å²) in [7, 11) is 4.40. The van der Waals surface area contributed by atoms with Crippen molar-refractivity contribution >= 4 is 17.4 Å². The number of rotatable bonds is 4. The Hall–Kier alpha value is -3.33. The number of methoxy groups -OCH3 is 2. The zero-order chi connectivity index (χ0) is 24.4. The Balaban J connectivity index is 1.82. The van der Waals surface area contributed by atoms with Crippen LogP contribution < -0.4 is 19.7 Å². The molecular formula is C25H31FN4O4. The van der Waals surface area contributed by atoms with E-state index < -0.39 is 5.82 Å². The van der Waals surface area contributed by atoms with Gasteiger partial charge in [0.15, 0.2) is 17.3 Å². The predicted octanol–water partition coefficient (Wildman–Crippen LogP) is 3.14. The van der Waals surface area contributed by atoms with Crippen LogP contribution in [0.15, 0.2) is 35.4 Å². The summed E-state index contributed by atoms with van der Waals surface area (Å²) in [6, 6.07) is 8.77. The van der Waals surface area contributed by atoms with Crippen LogP contribution in [0, 0.1) is 5.82 Å². The number of nitrogens with zero attached hydrogens (tertiary/aromatic N) is 3. The normalized spacial score (nSPS) is 18.6. The van der Waals surface area contributed by atoms with Gasteiger partial charge in [0.05, 0.1) is 26.4 Å². The first-order valence-corrected chi connectivity index (χ1v) is 11.4. The van der Waals surface area contributed by atoms with Crippen LogP contribution in [0.25, 0.3) is 0 Å². The second kappa shape index (κ2) is 9.89. The molecule has 2 heterocycles. The monoisotopic (exact) mass is 470 g/mol. The van der Waals surface area contributed by atoms with E-state index in [4.69, 9.17) is 9.47 Å². The number of fused-ring (bicyclic) bond motifs is 1. The van der Waals surface area contributed by atoms with Crippen LogP contribution in [0.3, 0.4) is 0 Å². The minimum absolute atomic E-state index is 0.00140. The molecule has 2 aliphatic rings. The van der Waals surface area contributed by atoms with Crippen LogP contribution >= 0.6 is 0 Å². The van der Waals surface area contributed by atoms with E-state index in [9.17, 15) is 9.90 Å². The molecule has 1 unspecified atom stereocenters. The summed E-state index contributed by atoms with van der Waals surface area (Å²) in [5, 5.41) is 18.4. The first kappa shape index (κ1) is 23.8. The smallest absolute Gasteiger partial charge is 0.337 e. The Bertz CT molecular complexity index is 1080. The third-order valence-corrected chi connectivity index (χ3v) is 6.46. The first-order valence-electron chi connectivity index (χ1n) is 11.4. The molecule has 0 saturated carbocycles. The van der Waals surface area contributed by atoms with Crippen molar-refractivity contribution in [2.24, 2.45) is 5.10 Å². The van der Waals surface area contributed by atoms with Crippen molar-refractivity contribution in [3.05, 3.63) is 52.8 Å². The van der Waals surface area contributed by atoms with Crippen molar-refractivity contribution in [2.45, 2.75) is 38.3 Å². The number of carbonyl (C=O) groups excluding carboxylic acids is 1. The number of hydrogen-bond acceptors (Lipinski definition) is 6. The maximum atomic E-state index is 15.8. The van der Waals surface area contributed by atoms with Gasteiger partial charge in [-0.1, -0.05) is 12.1 Å². The molecule has 0 radical (unpaired) electrons. The summed E-state index contributed by atoms with van der Waals surface area (Å²) >= 11 is 0. The summed E-state index contributed by atoms with van der Waals surface area (Å²) in [4.78, 5) is 14.8. The van der Waals surface area contributed by atoms with Crippen LogP contribution in [0.1, 0.15) is 36.5 Å². The standard InChI is InChI=1S/C25H31FN4O4/c1-15-13-17-14-20(33-3)24(34-4)22(26)21(17)23(28-30(15)25(32)27-2)16-5-7-18(8-6-16)29-11-9-19(31)10-12-29/h5-8,14-15,19,31H,9-13H2,1-4H3,(H,27,32). The fourth-order valence-electron chi connectivity index (χ4n) is 4.59. The molecule has 2 amide bonds. The third kappa shape index (κ3) is 4.40. The lowest BCUT2D eigenvalue weighted by molar-refractivity contribution is 0.145. The number of urea groups is 1. The SMILES string of the molecule is CNC(=O)N1N=C(c2ccc(N3CCC(O)CC3)cc2)c2c(cc(OC)c(OC)c2F)CC1C. The highest BCUT2D eigenvalue weighted by atomic mass is 19.1. The van der Waals surface area contributed by atoms with Crippen LogP contribution in [0.2, 0.25) is 0 Å². The molecule has 2 aromatic rings. The van der Waals surface area contributed by atoms with E-state index in [2.05, 4.69) is 15.3 Å². The van der Waals surface area contributed by atoms with Crippen molar-refractivity contribution < 1.29 is 23.8 Å². The van der Waals surface area contributed by atoms with Crippen molar-refractivity contribution in [3.63, 3.8) is 0 Å². The second-order valence-electron chi connectivity index (χ2n) is 8.63. The summed E-state index contributed by atoms with van der Waals surface area (Å²) in [5.74, 6) is -0.282. The van der Waals surface area contributed by atoms with Crippen LogP contribution in [0.5, 0.6) is 11.5 Å². The zero-order valence-electron chi connectivity index (χ0n) is 20.0. The molecule has 1 fully saturated rings. The number of benzene rings is 2. The number of carbonyl (C=O) groups is 1. The minimum Gasteiger partial charge on any atom is -0.493 e. The van der Waals surface area contributed by atoms with Gasteiger partial charge in [-0.3, -0.25) is 0 Å². The molecule has 1 atom stereocenters. The number of piperidine rings is 1. The zero-order valence-corrected chi connectivity index (χ0v) is 20.0. The highest BCUT2D eigenvalue weighted by Crippen LogP contribution is 2.38. The fourth-order valence-corrected chi connectivity index (χ4v) is 4.59. The average molecular weight is 471 g/mol. The molecule has 8 nitrogen and oxygen atoms in total. The molecule has 2 aromatic carbocycles. The molecule has 0 bridgehead atoms. The average Bonchev–Trinajstić information content (AvgIpc) is 3.00. The van der Waals surface area contributed by atoms with Gasteiger partial charge in [0.25, 0.3) is 0 Å². The van der Waals surface area contributed by atoms with E-state index in [1.807, 2.05) is 31.2 Å². The van der Waals surface area contributed by atoms with Gasteiger partial charge in [-0.25, -0.2) is 14.2 Å². The minimum atomic E-state index is -0.573. The van der Waals surface area contributed by atoms with E-state index in [-0.39, 0.29) is 23.9 Å². The molecule has 0 aromatic heterocycles. The molecular weight excluding hydrogens is 439 g/mol. The maximum absolute atomic E-state index is 15.8. The van der Waals surface area contributed by atoms with Gasteiger partial charge in [-0.15, -0.1) is 0 Å². The van der Waals surface area contributed by atoms with E-state index >= 15 is 4.39 Å². The van der Waals surface area contributed by atoms with E-state index in [1.165, 1.54) is 19.2 Å². The summed E-state index contributed by atoms with van der Waals surface area (Å²) < 4.78 is 26.5. The largest absolute Gasteiger partial charge is 0.493 e. The summed E-state index contributed by atoms with van der Waals surface area (Å²) in [6.45, 7) is 3.42. The lowest BCUT2D eigenvalue weighted by atomic mass is 9.93. The number of nitrogens with one attached hydrogen (secondary N) is 1. The highest BCUT2D eigenvalue weighted by molar-refractivity contribution is 6.15. The predicted molar refractivity (Wildman–Crippen MR) is 128 cm³/mol. The number of aliphatic hydroxyl groups is 1. The molecule has 2 aliphatic heterocycles. The molecule has 0 aliphatic carbocycles. The van der Waals surface area contributed by atoms with Crippen LogP contribution in [-0.2, 0) is 6.42 Å². The van der Waals surface area contributed by atoms with Gasteiger partial charge in [0.2, 0.25) is 0 Å². The van der Waals surface area contributed by atoms with Crippen molar-refractivity contribution in [1.82, 2.24) is 10.3 Å². The number of hydrogen-bond donors (Lipinski definition) is 2. The van der Waals surface area contributed by atoms with Crippen molar-refractivity contribution in [2.75, 3.05) is 39.3 Å². The van der Waals surface area contributed by atoms with Crippen molar-refractivity contribution in [3.8, 4) is 11.5 Å². The van der Waals surface area contributed by atoms with Gasteiger partial charge in [0.1, 0.15) is 5.71 Å². The lowest BCUT2D eigenvalue weighted by Crippen LogP contribution is -2.41. The Morgan fingerprint density at radius 3 is 2.44 bits per heavy atom. The Labute approximate surface area is 199 Å². The number of amides is 2. The van der Waals surface area contributed by atoms with Gasteiger partial charge >= 0.3 is 6.03 Å². The summed E-state index contributed by atoms with van der Waals surface area (Å²) in [6.07, 6.45) is 1.60. The molecule has 182 valence electrons. The maximum Gasteiger partial charge on any atom is 0.337 e. The topological polar surface area (TPSA) is 86.6 Å². The molecule has 9 heteroatoms. The quantitative estimate of drug-likeness (QED) is 0.717. The van der Waals surface area contributed by atoms with Gasteiger partial charge in [-0.2, -0.15) is 5.10 Å². The van der Waals surface area contributed by atoms with E-state index in [0.29, 0.717) is 34.6 Å². The number of halogens is 1. The Morgan fingerprint density at radius 1 is 1.18 bits per heavy atom. The van der Waals surface area contributed by atoms with Crippen molar-refractivity contribution in [1.29, 1.82) is 0 Å². The molecule has 2 N–H and O–H groups in total. The number of aliphatic hydroxyl groups excluding tert-OH is 1. The first-order chi connectivity index (χ1) is 16.4. The van der Waals surface area contributed by atoms with Crippen LogP contribution in [-0.4, -0.2) is 68.4 Å².